The summed E-state index contributed by atoms with van der Waals surface area (Å²) in [6.07, 6.45) is 5.41. The number of amides is 2. The summed E-state index contributed by atoms with van der Waals surface area (Å²) in [7, 11) is 0. The fraction of sp³-hybridized carbons (Fsp3) is 0.875. The molecule has 0 aliphatic carbocycles. The molecule has 3 aliphatic rings. The Hall–Kier alpha value is -1.18. The van der Waals surface area contributed by atoms with Crippen molar-refractivity contribution in [1.82, 2.24) is 20.4 Å². The molecule has 0 spiro atoms. The standard InChI is InChI=1S/C16H29N5O2/c1-12-11-13(22)19-15(18-12)20-9-5-16(6-10-20,14(17)23)21-7-3-2-4-8-21/h12,15,18H,2-11H2,1H3,(H2,17,23)(H,19,22). The summed E-state index contributed by atoms with van der Waals surface area (Å²) >= 11 is 0. The van der Waals surface area contributed by atoms with Crippen LogP contribution in [0.25, 0.3) is 0 Å². The number of nitrogens with one attached hydrogen (secondary N) is 2. The molecule has 2 amide bonds. The summed E-state index contributed by atoms with van der Waals surface area (Å²) in [5.41, 5.74) is 5.32. The fourth-order valence-corrected chi connectivity index (χ4v) is 4.25. The second kappa shape index (κ2) is 6.75. The third-order valence-electron chi connectivity index (χ3n) is 5.64. The van der Waals surface area contributed by atoms with Crippen molar-refractivity contribution >= 4 is 11.8 Å². The van der Waals surface area contributed by atoms with Gasteiger partial charge in [0.25, 0.3) is 0 Å². The zero-order valence-electron chi connectivity index (χ0n) is 14.0. The SMILES string of the molecule is CC1CC(=O)NC(N2CCC(C(N)=O)(N3CCCCC3)CC2)N1. The van der Waals surface area contributed by atoms with Crippen LogP contribution in [0.5, 0.6) is 0 Å². The Morgan fingerprint density at radius 2 is 1.83 bits per heavy atom. The predicted octanol–water partition coefficient (Wildman–Crippen LogP) is -0.426. The topological polar surface area (TPSA) is 90.7 Å². The maximum atomic E-state index is 12.2. The smallest absolute Gasteiger partial charge is 0.238 e. The molecular weight excluding hydrogens is 294 g/mol. The first-order chi connectivity index (χ1) is 11.0. The number of nitrogens with two attached hydrogens (primary N) is 1. The van der Waals surface area contributed by atoms with Crippen LogP contribution < -0.4 is 16.4 Å². The van der Waals surface area contributed by atoms with Gasteiger partial charge in [0.15, 0.2) is 0 Å². The highest BCUT2D eigenvalue weighted by Crippen LogP contribution is 2.32. The highest BCUT2D eigenvalue weighted by molar-refractivity contribution is 5.85. The lowest BCUT2D eigenvalue weighted by molar-refractivity contribution is -0.137. The molecule has 3 heterocycles. The second-order valence-electron chi connectivity index (χ2n) is 7.22. The normalized spacial score (nSPS) is 33.2. The van der Waals surface area contributed by atoms with E-state index in [1.54, 1.807) is 0 Å². The summed E-state index contributed by atoms with van der Waals surface area (Å²) in [5, 5.41) is 6.42. The van der Waals surface area contributed by atoms with Gasteiger partial charge in [-0.05, 0) is 45.7 Å². The Bertz CT molecular complexity index is 455. The van der Waals surface area contributed by atoms with E-state index in [-0.39, 0.29) is 24.1 Å². The first kappa shape index (κ1) is 16.7. The second-order valence-corrected chi connectivity index (χ2v) is 7.22. The van der Waals surface area contributed by atoms with Gasteiger partial charge in [-0.25, -0.2) is 0 Å². The van der Waals surface area contributed by atoms with Gasteiger partial charge in [0, 0.05) is 25.6 Å². The molecule has 0 bridgehead atoms. The molecular formula is C16H29N5O2. The molecule has 2 atom stereocenters. The summed E-state index contributed by atoms with van der Waals surface area (Å²) in [4.78, 5) is 28.5. The fourth-order valence-electron chi connectivity index (χ4n) is 4.25. The molecule has 130 valence electrons. The maximum Gasteiger partial charge on any atom is 0.238 e. The Labute approximate surface area is 137 Å². The van der Waals surface area contributed by atoms with Crippen LogP contribution in [0.1, 0.15) is 45.4 Å². The number of hydrogen-bond acceptors (Lipinski definition) is 5. The Balaban J connectivity index is 1.65. The summed E-state index contributed by atoms with van der Waals surface area (Å²) in [5.74, 6) is -0.0999. The van der Waals surface area contributed by atoms with Crippen molar-refractivity contribution in [1.29, 1.82) is 0 Å². The lowest BCUT2D eigenvalue weighted by Crippen LogP contribution is -2.68. The zero-order chi connectivity index (χ0) is 16.4. The lowest BCUT2D eigenvalue weighted by atomic mass is 9.83. The van der Waals surface area contributed by atoms with E-state index in [1.165, 1.54) is 6.42 Å². The van der Waals surface area contributed by atoms with Gasteiger partial charge in [-0.3, -0.25) is 24.7 Å². The van der Waals surface area contributed by atoms with Gasteiger partial charge < -0.3 is 11.1 Å². The van der Waals surface area contributed by atoms with Crippen LogP contribution in [0.2, 0.25) is 0 Å². The molecule has 3 rings (SSSR count). The molecule has 2 unspecified atom stereocenters. The summed E-state index contributed by atoms with van der Waals surface area (Å²) < 4.78 is 0. The highest BCUT2D eigenvalue weighted by Gasteiger charge is 2.46. The minimum absolute atomic E-state index is 0.0871. The maximum absolute atomic E-state index is 12.2. The quantitative estimate of drug-likeness (QED) is 0.656. The van der Waals surface area contributed by atoms with Crippen LogP contribution in [0.15, 0.2) is 0 Å². The van der Waals surface area contributed by atoms with E-state index in [0.717, 1.165) is 51.9 Å². The molecule has 0 aromatic rings. The molecule has 7 nitrogen and oxygen atoms in total. The molecule has 0 aromatic heterocycles. The monoisotopic (exact) mass is 323 g/mol. The first-order valence-corrected chi connectivity index (χ1v) is 8.86. The molecule has 0 radical (unpaired) electrons. The van der Waals surface area contributed by atoms with Crippen molar-refractivity contribution in [2.45, 2.75) is 63.3 Å². The average molecular weight is 323 g/mol. The molecule has 7 heteroatoms. The van der Waals surface area contributed by atoms with Crippen LogP contribution >= 0.6 is 0 Å². The van der Waals surface area contributed by atoms with Crippen LogP contribution in [-0.4, -0.2) is 65.7 Å². The molecule has 3 fully saturated rings. The first-order valence-electron chi connectivity index (χ1n) is 8.86. The lowest BCUT2D eigenvalue weighted by Gasteiger charge is -2.50. The summed E-state index contributed by atoms with van der Waals surface area (Å²) in [6.45, 7) is 5.50. The van der Waals surface area contributed by atoms with Gasteiger partial charge in [0.1, 0.15) is 11.8 Å². The third kappa shape index (κ3) is 3.36. The van der Waals surface area contributed by atoms with Gasteiger partial charge in [-0.15, -0.1) is 0 Å². The minimum Gasteiger partial charge on any atom is -0.368 e. The Kier molecular flexibility index (Phi) is 4.89. The van der Waals surface area contributed by atoms with E-state index in [1.807, 2.05) is 6.92 Å². The van der Waals surface area contributed by atoms with Crippen molar-refractivity contribution in [2.24, 2.45) is 5.73 Å². The van der Waals surface area contributed by atoms with E-state index in [4.69, 9.17) is 5.73 Å². The molecule has 3 saturated heterocycles. The molecule has 4 N–H and O–H groups in total. The van der Waals surface area contributed by atoms with E-state index < -0.39 is 5.54 Å². The van der Waals surface area contributed by atoms with E-state index in [9.17, 15) is 9.59 Å². The predicted molar refractivity (Wildman–Crippen MR) is 87.3 cm³/mol. The number of hydrogen-bond donors (Lipinski definition) is 3. The van der Waals surface area contributed by atoms with Crippen molar-refractivity contribution in [2.75, 3.05) is 26.2 Å². The van der Waals surface area contributed by atoms with Crippen molar-refractivity contribution in [3.8, 4) is 0 Å². The summed E-state index contributed by atoms with van der Waals surface area (Å²) in [6, 6.07) is 0.179. The average Bonchev–Trinajstić information content (AvgIpc) is 2.54. The van der Waals surface area contributed by atoms with E-state index in [2.05, 4.69) is 20.4 Å². The molecule has 0 saturated carbocycles. The number of likely N-dealkylation sites (tertiary alicyclic amines) is 2. The number of nitrogens with zero attached hydrogens (tertiary/aromatic N) is 2. The van der Waals surface area contributed by atoms with E-state index >= 15 is 0 Å². The number of carbonyl (C=O) groups is 2. The van der Waals surface area contributed by atoms with Crippen LogP contribution in [0.4, 0.5) is 0 Å². The molecule has 0 aromatic carbocycles. The van der Waals surface area contributed by atoms with Gasteiger partial charge in [0.2, 0.25) is 11.8 Å². The van der Waals surface area contributed by atoms with Crippen LogP contribution in [0.3, 0.4) is 0 Å². The van der Waals surface area contributed by atoms with Gasteiger partial charge in [-0.1, -0.05) is 6.42 Å². The van der Waals surface area contributed by atoms with Crippen molar-refractivity contribution in [3.05, 3.63) is 0 Å². The van der Waals surface area contributed by atoms with Crippen molar-refractivity contribution in [3.63, 3.8) is 0 Å². The van der Waals surface area contributed by atoms with Crippen LogP contribution in [-0.2, 0) is 9.59 Å². The Morgan fingerprint density at radius 1 is 1.17 bits per heavy atom. The number of piperidine rings is 2. The van der Waals surface area contributed by atoms with E-state index in [0.29, 0.717) is 6.42 Å². The largest absolute Gasteiger partial charge is 0.368 e. The minimum atomic E-state index is -0.499. The Morgan fingerprint density at radius 3 is 2.39 bits per heavy atom. The van der Waals surface area contributed by atoms with Crippen molar-refractivity contribution < 1.29 is 9.59 Å². The number of primary amides is 1. The number of rotatable bonds is 3. The number of carbonyl (C=O) groups excluding carboxylic acids is 2. The van der Waals surface area contributed by atoms with Gasteiger partial charge in [-0.2, -0.15) is 0 Å². The molecule has 23 heavy (non-hydrogen) atoms. The highest BCUT2D eigenvalue weighted by atomic mass is 16.2. The molecule has 3 aliphatic heterocycles. The van der Waals surface area contributed by atoms with Crippen LogP contribution in [0, 0.1) is 0 Å². The third-order valence-corrected chi connectivity index (χ3v) is 5.64. The van der Waals surface area contributed by atoms with Gasteiger partial charge in [0.05, 0.1) is 0 Å². The van der Waals surface area contributed by atoms with Gasteiger partial charge >= 0.3 is 0 Å². The zero-order valence-corrected chi connectivity index (χ0v) is 14.0.